The summed E-state index contributed by atoms with van der Waals surface area (Å²) >= 11 is 1.63. The second kappa shape index (κ2) is 6.77. The molecule has 0 spiro atoms. The molecule has 0 amide bonds. The van der Waals surface area contributed by atoms with Crippen molar-refractivity contribution in [3.63, 3.8) is 0 Å². The van der Waals surface area contributed by atoms with Crippen molar-refractivity contribution in [3.05, 3.63) is 59.9 Å². The summed E-state index contributed by atoms with van der Waals surface area (Å²) < 4.78 is 18.2. The van der Waals surface area contributed by atoms with Crippen LogP contribution in [-0.4, -0.2) is 13.2 Å². The zero-order valence-corrected chi connectivity index (χ0v) is 12.4. The summed E-state index contributed by atoms with van der Waals surface area (Å²) in [6, 6.07) is 14.3. The summed E-state index contributed by atoms with van der Waals surface area (Å²) in [7, 11) is 1.65. The third-order valence-corrected chi connectivity index (χ3v) is 4.48. The molecule has 0 aliphatic carbocycles. The molecule has 0 heterocycles. The maximum atomic E-state index is 13.0. The molecule has 0 aliphatic rings. The normalized spacial score (nSPS) is 13.8. The van der Waals surface area contributed by atoms with Gasteiger partial charge in [0.15, 0.2) is 0 Å². The minimum absolute atomic E-state index is 0.0304. The minimum atomic E-state index is -0.229. The summed E-state index contributed by atoms with van der Waals surface area (Å²) in [5.41, 5.74) is 7.21. The quantitative estimate of drug-likeness (QED) is 0.845. The smallest absolute Gasteiger partial charge is 0.123 e. The van der Waals surface area contributed by atoms with Gasteiger partial charge in [0.1, 0.15) is 11.6 Å². The molecule has 2 atom stereocenters. The van der Waals surface area contributed by atoms with E-state index in [2.05, 4.69) is 0 Å². The molecule has 106 valence electrons. The standard InChI is InChI=1S/C16H18FNOS/c1-11(18)16(12-4-3-5-14(10-12)19-2)20-15-8-6-13(17)7-9-15/h3-11,16H,18H2,1-2H3. The lowest BCUT2D eigenvalue weighted by Crippen LogP contribution is -2.22. The number of hydrogen-bond donors (Lipinski definition) is 1. The van der Waals surface area contributed by atoms with Crippen molar-refractivity contribution >= 4 is 11.8 Å². The molecule has 0 saturated heterocycles. The lowest BCUT2D eigenvalue weighted by Gasteiger charge is -2.21. The molecule has 2 rings (SSSR count). The Hall–Kier alpha value is -1.52. The number of nitrogens with two attached hydrogens (primary N) is 1. The van der Waals surface area contributed by atoms with Crippen LogP contribution in [0.5, 0.6) is 5.75 Å². The van der Waals surface area contributed by atoms with Crippen LogP contribution in [0, 0.1) is 5.82 Å². The van der Waals surface area contributed by atoms with Crippen LogP contribution < -0.4 is 10.5 Å². The van der Waals surface area contributed by atoms with Gasteiger partial charge in [-0.15, -0.1) is 11.8 Å². The van der Waals surface area contributed by atoms with Crippen LogP contribution in [0.2, 0.25) is 0 Å². The number of methoxy groups -OCH3 is 1. The summed E-state index contributed by atoms with van der Waals surface area (Å²) in [4.78, 5) is 0.997. The Kier molecular flexibility index (Phi) is 5.04. The Balaban J connectivity index is 2.24. The average molecular weight is 291 g/mol. The highest BCUT2D eigenvalue weighted by atomic mass is 32.2. The Morgan fingerprint density at radius 2 is 1.85 bits per heavy atom. The van der Waals surface area contributed by atoms with E-state index in [1.807, 2.05) is 31.2 Å². The molecule has 0 aromatic heterocycles. The topological polar surface area (TPSA) is 35.2 Å². The van der Waals surface area contributed by atoms with E-state index in [-0.39, 0.29) is 17.1 Å². The van der Waals surface area contributed by atoms with Crippen molar-refractivity contribution in [3.8, 4) is 5.75 Å². The maximum Gasteiger partial charge on any atom is 0.123 e. The van der Waals surface area contributed by atoms with Gasteiger partial charge in [0.05, 0.1) is 7.11 Å². The van der Waals surface area contributed by atoms with Gasteiger partial charge in [-0.25, -0.2) is 4.39 Å². The van der Waals surface area contributed by atoms with Crippen molar-refractivity contribution in [2.75, 3.05) is 7.11 Å². The van der Waals surface area contributed by atoms with E-state index in [0.29, 0.717) is 0 Å². The summed E-state index contributed by atoms with van der Waals surface area (Å²) in [5.74, 6) is 0.584. The van der Waals surface area contributed by atoms with Crippen LogP contribution >= 0.6 is 11.8 Å². The molecule has 0 saturated carbocycles. The van der Waals surface area contributed by atoms with E-state index in [1.54, 1.807) is 31.0 Å². The van der Waals surface area contributed by atoms with Gasteiger partial charge < -0.3 is 10.5 Å². The summed E-state index contributed by atoms with van der Waals surface area (Å²) in [5, 5.41) is 0.0931. The van der Waals surface area contributed by atoms with E-state index in [9.17, 15) is 4.39 Å². The lowest BCUT2D eigenvalue weighted by atomic mass is 10.1. The van der Waals surface area contributed by atoms with Crippen molar-refractivity contribution in [2.45, 2.75) is 23.1 Å². The molecule has 0 bridgehead atoms. The number of thioether (sulfide) groups is 1. The van der Waals surface area contributed by atoms with E-state index < -0.39 is 0 Å². The Morgan fingerprint density at radius 1 is 1.15 bits per heavy atom. The molecular weight excluding hydrogens is 273 g/mol. The number of benzene rings is 2. The van der Waals surface area contributed by atoms with Gasteiger partial charge in [-0.1, -0.05) is 12.1 Å². The second-order valence-corrected chi connectivity index (χ2v) is 5.84. The first-order valence-electron chi connectivity index (χ1n) is 6.42. The molecule has 20 heavy (non-hydrogen) atoms. The van der Waals surface area contributed by atoms with Crippen LogP contribution in [0.1, 0.15) is 17.7 Å². The maximum absolute atomic E-state index is 13.0. The van der Waals surface area contributed by atoms with Gasteiger partial charge in [-0.3, -0.25) is 0 Å². The molecule has 2 N–H and O–H groups in total. The first-order valence-corrected chi connectivity index (χ1v) is 7.30. The lowest BCUT2D eigenvalue weighted by molar-refractivity contribution is 0.414. The van der Waals surface area contributed by atoms with Gasteiger partial charge in [-0.05, 0) is 48.9 Å². The van der Waals surface area contributed by atoms with Crippen molar-refractivity contribution in [1.29, 1.82) is 0 Å². The van der Waals surface area contributed by atoms with E-state index in [0.717, 1.165) is 16.2 Å². The predicted molar refractivity (Wildman–Crippen MR) is 81.6 cm³/mol. The van der Waals surface area contributed by atoms with Crippen molar-refractivity contribution in [2.24, 2.45) is 5.73 Å². The Bertz CT molecular complexity index is 557. The van der Waals surface area contributed by atoms with Crippen molar-refractivity contribution in [1.82, 2.24) is 0 Å². The van der Waals surface area contributed by atoms with Crippen LogP contribution in [-0.2, 0) is 0 Å². The highest BCUT2D eigenvalue weighted by Crippen LogP contribution is 2.38. The highest BCUT2D eigenvalue weighted by Gasteiger charge is 2.18. The van der Waals surface area contributed by atoms with E-state index in [1.165, 1.54) is 12.1 Å². The van der Waals surface area contributed by atoms with Gasteiger partial charge in [0.2, 0.25) is 0 Å². The number of hydrogen-bond acceptors (Lipinski definition) is 3. The fraction of sp³-hybridized carbons (Fsp3) is 0.250. The van der Waals surface area contributed by atoms with Crippen LogP contribution in [0.25, 0.3) is 0 Å². The second-order valence-electron chi connectivity index (χ2n) is 4.63. The molecule has 0 aliphatic heterocycles. The zero-order valence-electron chi connectivity index (χ0n) is 11.5. The number of halogens is 1. The van der Waals surface area contributed by atoms with Crippen LogP contribution in [0.4, 0.5) is 4.39 Å². The van der Waals surface area contributed by atoms with E-state index >= 15 is 0 Å². The van der Waals surface area contributed by atoms with E-state index in [4.69, 9.17) is 10.5 Å². The molecule has 2 aromatic rings. The molecule has 4 heteroatoms. The van der Waals surface area contributed by atoms with Crippen molar-refractivity contribution < 1.29 is 9.13 Å². The van der Waals surface area contributed by atoms with Crippen LogP contribution in [0.15, 0.2) is 53.4 Å². The Labute approximate surface area is 123 Å². The first kappa shape index (κ1) is 14.9. The molecule has 2 aromatic carbocycles. The Morgan fingerprint density at radius 3 is 2.45 bits per heavy atom. The van der Waals surface area contributed by atoms with Gasteiger partial charge in [-0.2, -0.15) is 0 Å². The fourth-order valence-corrected chi connectivity index (χ4v) is 3.04. The van der Waals surface area contributed by atoms with Gasteiger partial charge in [0.25, 0.3) is 0 Å². The molecule has 0 radical (unpaired) electrons. The number of ether oxygens (including phenoxy) is 1. The molecule has 2 unspecified atom stereocenters. The van der Waals surface area contributed by atoms with Crippen LogP contribution in [0.3, 0.4) is 0 Å². The zero-order chi connectivity index (χ0) is 14.5. The fourth-order valence-electron chi connectivity index (χ4n) is 1.96. The highest BCUT2D eigenvalue weighted by molar-refractivity contribution is 7.99. The third-order valence-electron chi connectivity index (χ3n) is 2.98. The summed E-state index contributed by atoms with van der Waals surface area (Å²) in [6.45, 7) is 1.97. The molecular formula is C16H18FNOS. The van der Waals surface area contributed by atoms with Gasteiger partial charge >= 0.3 is 0 Å². The average Bonchev–Trinajstić information content (AvgIpc) is 2.46. The minimum Gasteiger partial charge on any atom is -0.497 e. The summed E-state index contributed by atoms with van der Waals surface area (Å²) in [6.07, 6.45) is 0. The molecule has 2 nitrogen and oxygen atoms in total. The number of rotatable bonds is 5. The molecule has 0 fully saturated rings. The SMILES string of the molecule is COc1cccc(C(Sc2ccc(F)cc2)C(C)N)c1. The first-order chi connectivity index (χ1) is 9.60. The predicted octanol–water partition coefficient (Wildman–Crippen LogP) is 4.01. The largest absolute Gasteiger partial charge is 0.497 e. The van der Waals surface area contributed by atoms with Gasteiger partial charge in [0, 0.05) is 16.2 Å². The third kappa shape index (κ3) is 3.74. The monoisotopic (exact) mass is 291 g/mol.